The Balaban J connectivity index is 1.69. The van der Waals surface area contributed by atoms with E-state index in [0.717, 1.165) is 18.7 Å². The molecule has 1 unspecified atom stereocenters. The first-order valence-corrected chi connectivity index (χ1v) is 8.11. The highest BCUT2D eigenvalue weighted by molar-refractivity contribution is 6.06. The second kappa shape index (κ2) is 5.70. The van der Waals surface area contributed by atoms with Crippen molar-refractivity contribution >= 4 is 17.6 Å². The summed E-state index contributed by atoms with van der Waals surface area (Å²) in [4.78, 5) is 34.7. The first-order valence-electron chi connectivity index (χ1n) is 8.11. The normalized spacial score (nSPS) is 19.7. The smallest absolute Gasteiger partial charge is 0.311 e. The van der Waals surface area contributed by atoms with Crippen LogP contribution in [-0.2, 0) is 4.79 Å². The lowest BCUT2D eigenvalue weighted by Gasteiger charge is -2.32. The Morgan fingerprint density at radius 3 is 2.67 bits per heavy atom. The highest BCUT2D eigenvalue weighted by atomic mass is 16.4. The van der Waals surface area contributed by atoms with Crippen LogP contribution in [0.1, 0.15) is 53.0 Å². The molecule has 1 saturated carbocycles. The summed E-state index contributed by atoms with van der Waals surface area (Å²) in [5.41, 5.74) is 1.71. The molecule has 4 rings (SSSR count). The second-order valence-electron chi connectivity index (χ2n) is 6.27. The number of nitrogens with zero attached hydrogens (tertiary/aromatic N) is 3. The van der Waals surface area contributed by atoms with Crippen molar-refractivity contribution in [1.82, 2.24) is 9.97 Å². The van der Waals surface area contributed by atoms with Crippen molar-refractivity contribution in [2.45, 2.75) is 31.1 Å². The third-order valence-corrected chi connectivity index (χ3v) is 4.62. The number of hydrogen-bond donors (Lipinski definition) is 1. The summed E-state index contributed by atoms with van der Waals surface area (Å²) < 4.78 is 0. The van der Waals surface area contributed by atoms with E-state index < -0.39 is 11.9 Å². The molecule has 1 amide bonds. The van der Waals surface area contributed by atoms with Gasteiger partial charge in [-0.3, -0.25) is 9.59 Å². The monoisotopic (exact) mass is 323 g/mol. The fourth-order valence-corrected chi connectivity index (χ4v) is 3.20. The number of benzene rings is 1. The third kappa shape index (κ3) is 2.54. The van der Waals surface area contributed by atoms with Gasteiger partial charge in [-0.05, 0) is 37.0 Å². The Bertz CT molecular complexity index is 817. The van der Waals surface area contributed by atoms with Crippen LogP contribution >= 0.6 is 0 Å². The molecule has 6 nitrogen and oxygen atoms in total. The first kappa shape index (κ1) is 14.8. The molecular weight excluding hydrogens is 306 g/mol. The molecule has 2 aliphatic rings. The van der Waals surface area contributed by atoms with Gasteiger partial charge in [0.15, 0.2) is 0 Å². The number of fused-ring (bicyclic) bond motifs is 1. The van der Waals surface area contributed by atoms with Gasteiger partial charge in [-0.2, -0.15) is 0 Å². The zero-order valence-electron chi connectivity index (χ0n) is 13.1. The molecule has 1 N–H and O–H groups in total. The number of carboxylic acids is 1. The van der Waals surface area contributed by atoms with Gasteiger partial charge in [0, 0.05) is 24.3 Å². The maximum Gasteiger partial charge on any atom is 0.311 e. The lowest BCUT2D eigenvalue weighted by atomic mass is 9.90. The lowest BCUT2D eigenvalue weighted by molar-refractivity contribution is -0.139. The number of carbonyl (C=O) groups excluding carboxylic acids is 1. The van der Waals surface area contributed by atoms with E-state index in [0.29, 0.717) is 35.8 Å². The average Bonchev–Trinajstić information content (AvgIpc) is 3.45. The summed E-state index contributed by atoms with van der Waals surface area (Å²) in [6, 6.07) is 8.83. The van der Waals surface area contributed by atoms with Crippen molar-refractivity contribution < 1.29 is 14.7 Å². The minimum absolute atomic E-state index is 0.199. The molecule has 1 aliphatic heterocycles. The molecule has 2 heterocycles. The maximum atomic E-state index is 12.9. The Kier molecular flexibility index (Phi) is 3.52. The van der Waals surface area contributed by atoms with Crippen LogP contribution in [0.15, 0.2) is 36.5 Å². The average molecular weight is 323 g/mol. The highest BCUT2D eigenvalue weighted by Crippen LogP contribution is 2.38. The molecule has 0 radical (unpaired) electrons. The molecule has 0 bridgehead atoms. The molecule has 0 spiro atoms. The van der Waals surface area contributed by atoms with Crippen molar-refractivity contribution in [3.63, 3.8) is 0 Å². The van der Waals surface area contributed by atoms with Crippen molar-refractivity contribution in [2.75, 3.05) is 11.4 Å². The van der Waals surface area contributed by atoms with E-state index in [1.165, 1.54) is 0 Å². The molecule has 1 atom stereocenters. The number of para-hydroxylation sites is 1. The van der Waals surface area contributed by atoms with Crippen molar-refractivity contribution in [3.8, 4) is 0 Å². The van der Waals surface area contributed by atoms with E-state index in [9.17, 15) is 14.7 Å². The van der Waals surface area contributed by atoms with E-state index in [1.807, 2.05) is 6.07 Å². The van der Waals surface area contributed by atoms with Crippen molar-refractivity contribution in [3.05, 3.63) is 53.6 Å². The van der Waals surface area contributed by atoms with Gasteiger partial charge < -0.3 is 10.0 Å². The minimum Gasteiger partial charge on any atom is -0.481 e. The summed E-state index contributed by atoms with van der Waals surface area (Å²) in [6.45, 7) is 0.371. The van der Waals surface area contributed by atoms with Gasteiger partial charge in [0.1, 0.15) is 11.5 Å². The van der Waals surface area contributed by atoms with Crippen molar-refractivity contribution in [2.24, 2.45) is 0 Å². The zero-order chi connectivity index (χ0) is 16.7. The van der Waals surface area contributed by atoms with E-state index >= 15 is 0 Å². The van der Waals surface area contributed by atoms with Gasteiger partial charge in [0.25, 0.3) is 5.91 Å². The number of carbonyl (C=O) groups is 2. The molecule has 24 heavy (non-hydrogen) atoms. The number of rotatable bonds is 3. The van der Waals surface area contributed by atoms with Gasteiger partial charge >= 0.3 is 5.97 Å². The van der Waals surface area contributed by atoms with Crippen LogP contribution < -0.4 is 4.90 Å². The summed E-state index contributed by atoms with van der Waals surface area (Å²) in [7, 11) is 0. The number of aromatic nitrogens is 2. The van der Waals surface area contributed by atoms with E-state index in [2.05, 4.69) is 9.97 Å². The lowest BCUT2D eigenvalue weighted by Crippen LogP contribution is -2.38. The topological polar surface area (TPSA) is 83.4 Å². The third-order valence-electron chi connectivity index (χ3n) is 4.62. The van der Waals surface area contributed by atoms with Gasteiger partial charge in [0.05, 0.1) is 5.92 Å². The van der Waals surface area contributed by atoms with Crippen LogP contribution in [0.4, 0.5) is 5.69 Å². The largest absolute Gasteiger partial charge is 0.481 e. The van der Waals surface area contributed by atoms with E-state index in [1.54, 1.807) is 35.4 Å². The number of amides is 1. The van der Waals surface area contributed by atoms with Gasteiger partial charge in [-0.25, -0.2) is 9.97 Å². The molecule has 0 saturated heterocycles. The molecule has 1 aliphatic carbocycles. The number of carboxylic acid groups (broad SMARTS) is 1. The molecule has 1 fully saturated rings. The zero-order valence-corrected chi connectivity index (χ0v) is 13.1. The van der Waals surface area contributed by atoms with Crippen molar-refractivity contribution in [1.29, 1.82) is 0 Å². The Labute approximate surface area is 139 Å². The van der Waals surface area contributed by atoms with Crippen LogP contribution in [0.3, 0.4) is 0 Å². The van der Waals surface area contributed by atoms with Crippen LogP contribution in [0.5, 0.6) is 0 Å². The summed E-state index contributed by atoms with van der Waals surface area (Å²) in [5.74, 6) is -0.516. The number of hydrogen-bond acceptors (Lipinski definition) is 4. The first-order chi connectivity index (χ1) is 11.6. The Morgan fingerprint density at radius 2 is 1.92 bits per heavy atom. The summed E-state index contributed by atoms with van der Waals surface area (Å²) in [5, 5.41) is 9.41. The predicted molar refractivity (Wildman–Crippen MR) is 87.1 cm³/mol. The quantitative estimate of drug-likeness (QED) is 0.938. The Hall–Kier alpha value is -2.76. The Morgan fingerprint density at radius 1 is 1.12 bits per heavy atom. The predicted octanol–water partition coefficient (Wildman–Crippen LogP) is 2.57. The van der Waals surface area contributed by atoms with E-state index in [-0.39, 0.29) is 5.91 Å². The minimum atomic E-state index is -0.854. The van der Waals surface area contributed by atoms with Gasteiger partial charge in [0.2, 0.25) is 0 Å². The highest BCUT2D eigenvalue weighted by Gasteiger charge is 2.34. The molecule has 2 aromatic rings. The maximum absolute atomic E-state index is 12.9. The molecule has 122 valence electrons. The van der Waals surface area contributed by atoms with Gasteiger partial charge in [-0.15, -0.1) is 0 Å². The molecule has 1 aromatic heterocycles. The standard InChI is InChI=1S/C18H17N3O3/c22-17(14-7-9-19-16(20-14)11-5-6-11)21-10-8-13(18(23)24)12-3-1-2-4-15(12)21/h1-4,7,9,11,13H,5-6,8,10H2,(H,23,24). The van der Waals surface area contributed by atoms with Crippen LogP contribution in [0.25, 0.3) is 0 Å². The summed E-state index contributed by atoms with van der Waals surface area (Å²) >= 11 is 0. The van der Waals surface area contributed by atoms with Crippen LogP contribution in [0, 0.1) is 0 Å². The molecule has 1 aromatic carbocycles. The summed E-state index contributed by atoms with van der Waals surface area (Å²) in [6.07, 6.45) is 4.18. The fraction of sp³-hybridized carbons (Fsp3) is 0.333. The molecule has 6 heteroatoms. The number of anilines is 1. The van der Waals surface area contributed by atoms with Crippen LogP contribution in [0.2, 0.25) is 0 Å². The second-order valence-corrected chi connectivity index (χ2v) is 6.27. The van der Waals surface area contributed by atoms with E-state index in [4.69, 9.17) is 0 Å². The fourth-order valence-electron chi connectivity index (χ4n) is 3.20. The number of aliphatic carboxylic acids is 1. The SMILES string of the molecule is O=C(O)C1CCN(C(=O)c2ccnc(C3CC3)n2)c2ccccc21. The molecular formula is C18H17N3O3. The van der Waals surface area contributed by atoms with Crippen LogP contribution in [-0.4, -0.2) is 33.5 Å². The van der Waals surface area contributed by atoms with Gasteiger partial charge in [-0.1, -0.05) is 18.2 Å².